The first kappa shape index (κ1) is 28.1. The summed E-state index contributed by atoms with van der Waals surface area (Å²) < 4.78 is 14.4. The van der Waals surface area contributed by atoms with Gasteiger partial charge < -0.3 is 14.0 Å². The van der Waals surface area contributed by atoms with Crippen LogP contribution in [0.25, 0.3) is 44.1 Å². The standard InChI is InChI=1S/C38H31N3O4/c1-25(42)41-34(45-38(39-41)36-30-18-10-9-13-27(30)21-22-33(36)44-26(2)43)23-24-40-32-20-12-11-19-31(32)35(28-14-5-3-6-15-28)37(40)29-16-7-4-8-17-29/h3-22,34H,23-24H2,1-2H3. The van der Waals surface area contributed by atoms with Crippen LogP contribution in [0.5, 0.6) is 5.75 Å². The number of esters is 1. The molecule has 0 fully saturated rings. The van der Waals surface area contributed by atoms with E-state index < -0.39 is 12.2 Å². The number of benzene rings is 5. The van der Waals surface area contributed by atoms with Crippen LogP contribution >= 0.6 is 0 Å². The molecule has 0 bridgehead atoms. The molecule has 222 valence electrons. The molecule has 1 aromatic heterocycles. The molecular weight excluding hydrogens is 562 g/mol. The van der Waals surface area contributed by atoms with E-state index in [4.69, 9.17) is 9.47 Å². The first-order valence-corrected chi connectivity index (χ1v) is 15.0. The minimum absolute atomic E-state index is 0.241. The van der Waals surface area contributed by atoms with Crippen molar-refractivity contribution in [2.24, 2.45) is 5.10 Å². The molecule has 45 heavy (non-hydrogen) atoms. The van der Waals surface area contributed by atoms with Crippen molar-refractivity contribution in [2.75, 3.05) is 0 Å². The Morgan fingerprint density at radius 3 is 2.09 bits per heavy atom. The van der Waals surface area contributed by atoms with Crippen molar-refractivity contribution in [1.82, 2.24) is 9.58 Å². The molecule has 0 saturated heterocycles. The van der Waals surface area contributed by atoms with E-state index in [1.807, 2.05) is 42.5 Å². The highest BCUT2D eigenvalue weighted by molar-refractivity contribution is 6.10. The lowest BCUT2D eigenvalue weighted by Gasteiger charge is -2.21. The van der Waals surface area contributed by atoms with Gasteiger partial charge in [0.2, 0.25) is 11.8 Å². The van der Waals surface area contributed by atoms with Crippen LogP contribution in [0.15, 0.2) is 126 Å². The number of amides is 1. The van der Waals surface area contributed by atoms with Gasteiger partial charge in [0.25, 0.3) is 0 Å². The highest BCUT2D eigenvalue weighted by Crippen LogP contribution is 2.41. The van der Waals surface area contributed by atoms with E-state index >= 15 is 0 Å². The Balaban J connectivity index is 1.30. The number of aromatic nitrogens is 1. The summed E-state index contributed by atoms with van der Waals surface area (Å²) in [6.07, 6.45) is -0.195. The minimum Gasteiger partial charge on any atom is -0.450 e. The fourth-order valence-electron chi connectivity index (χ4n) is 6.21. The number of para-hydroxylation sites is 1. The highest BCUT2D eigenvalue weighted by atomic mass is 16.5. The zero-order valence-corrected chi connectivity index (χ0v) is 25.0. The molecule has 1 atom stereocenters. The lowest BCUT2D eigenvalue weighted by atomic mass is 9.98. The van der Waals surface area contributed by atoms with Gasteiger partial charge in [-0.05, 0) is 34.0 Å². The second kappa shape index (κ2) is 11.8. The second-order valence-electron chi connectivity index (χ2n) is 11.0. The molecule has 0 aliphatic carbocycles. The third-order valence-electron chi connectivity index (χ3n) is 8.08. The molecule has 7 nitrogen and oxygen atoms in total. The average Bonchev–Trinajstić information content (AvgIpc) is 3.63. The number of fused-ring (bicyclic) bond motifs is 2. The van der Waals surface area contributed by atoms with E-state index in [0.29, 0.717) is 24.3 Å². The summed E-state index contributed by atoms with van der Waals surface area (Å²) in [4.78, 5) is 24.9. The van der Waals surface area contributed by atoms with E-state index in [1.54, 1.807) is 6.07 Å². The van der Waals surface area contributed by atoms with Crippen LogP contribution in [0, 0.1) is 0 Å². The first-order chi connectivity index (χ1) is 22.0. The van der Waals surface area contributed by atoms with E-state index in [1.165, 1.54) is 18.9 Å². The largest absolute Gasteiger partial charge is 0.450 e. The number of hydrogen-bond acceptors (Lipinski definition) is 5. The molecule has 0 N–H and O–H groups in total. The Morgan fingerprint density at radius 2 is 1.38 bits per heavy atom. The summed E-state index contributed by atoms with van der Waals surface area (Å²) >= 11 is 0. The van der Waals surface area contributed by atoms with E-state index in [-0.39, 0.29) is 11.8 Å². The Bertz CT molecular complexity index is 2080. The summed E-state index contributed by atoms with van der Waals surface area (Å²) in [5, 5.41) is 8.93. The Labute approximate surface area is 260 Å². The molecular formula is C38H31N3O4. The summed E-state index contributed by atoms with van der Waals surface area (Å²) in [5.74, 6) is -0.115. The molecule has 0 spiro atoms. The number of rotatable bonds is 7. The molecule has 7 rings (SSSR count). The molecule has 0 saturated carbocycles. The highest BCUT2D eigenvalue weighted by Gasteiger charge is 2.34. The molecule has 5 aromatic carbocycles. The zero-order valence-electron chi connectivity index (χ0n) is 25.0. The van der Waals surface area contributed by atoms with Crippen molar-refractivity contribution in [2.45, 2.75) is 33.0 Å². The summed E-state index contributed by atoms with van der Waals surface area (Å²) in [5.41, 5.74) is 6.12. The average molecular weight is 594 g/mol. The Morgan fingerprint density at radius 1 is 0.733 bits per heavy atom. The van der Waals surface area contributed by atoms with Crippen LogP contribution in [-0.2, 0) is 20.9 Å². The number of aryl methyl sites for hydroxylation is 1. The number of ether oxygens (including phenoxy) is 2. The quantitative estimate of drug-likeness (QED) is 0.139. The Kier molecular flexibility index (Phi) is 7.35. The van der Waals surface area contributed by atoms with Crippen molar-refractivity contribution in [3.63, 3.8) is 0 Å². The Hall–Kier alpha value is -5.69. The first-order valence-electron chi connectivity index (χ1n) is 15.0. The predicted molar refractivity (Wildman–Crippen MR) is 177 cm³/mol. The monoisotopic (exact) mass is 593 g/mol. The van der Waals surface area contributed by atoms with Gasteiger partial charge >= 0.3 is 5.97 Å². The van der Waals surface area contributed by atoms with Gasteiger partial charge in [0.1, 0.15) is 5.75 Å². The van der Waals surface area contributed by atoms with Gasteiger partial charge in [-0.25, -0.2) is 0 Å². The maximum Gasteiger partial charge on any atom is 0.308 e. The third-order valence-corrected chi connectivity index (χ3v) is 8.08. The number of nitrogens with zero attached hydrogens (tertiary/aromatic N) is 3. The molecule has 1 amide bonds. The number of carbonyl (C=O) groups excluding carboxylic acids is 2. The molecule has 2 heterocycles. The van der Waals surface area contributed by atoms with Crippen LogP contribution < -0.4 is 4.74 Å². The number of carbonyl (C=O) groups is 2. The fraction of sp³-hybridized carbons (Fsp3) is 0.132. The number of hydrogen-bond donors (Lipinski definition) is 0. The topological polar surface area (TPSA) is 73.1 Å². The van der Waals surface area contributed by atoms with Crippen molar-refractivity contribution < 1.29 is 19.1 Å². The molecule has 0 radical (unpaired) electrons. The smallest absolute Gasteiger partial charge is 0.308 e. The molecule has 6 aromatic rings. The van der Waals surface area contributed by atoms with Crippen LogP contribution in [0.3, 0.4) is 0 Å². The van der Waals surface area contributed by atoms with Crippen LogP contribution in [-0.4, -0.2) is 33.6 Å². The number of hydrazone groups is 1. The SMILES string of the molecule is CC(=O)Oc1ccc2ccccc2c1C1=NN(C(C)=O)C(CCn2c(-c3ccccc3)c(-c3ccccc3)c3ccccc32)O1. The fourth-order valence-corrected chi connectivity index (χ4v) is 6.21. The van der Waals surface area contributed by atoms with Crippen molar-refractivity contribution in [3.05, 3.63) is 127 Å². The van der Waals surface area contributed by atoms with E-state index in [9.17, 15) is 9.59 Å². The van der Waals surface area contributed by atoms with E-state index in [2.05, 4.69) is 82.5 Å². The van der Waals surface area contributed by atoms with Gasteiger partial charge in [-0.15, -0.1) is 5.10 Å². The van der Waals surface area contributed by atoms with Gasteiger partial charge in [0, 0.05) is 43.3 Å². The minimum atomic E-state index is -0.661. The molecule has 1 unspecified atom stereocenters. The maximum atomic E-state index is 12.9. The van der Waals surface area contributed by atoms with Crippen LogP contribution in [0.1, 0.15) is 25.8 Å². The lowest BCUT2D eigenvalue weighted by Crippen LogP contribution is -2.33. The zero-order chi connectivity index (χ0) is 30.9. The van der Waals surface area contributed by atoms with Gasteiger partial charge in [-0.2, -0.15) is 5.01 Å². The van der Waals surface area contributed by atoms with Crippen molar-refractivity contribution in [3.8, 4) is 28.1 Å². The van der Waals surface area contributed by atoms with Crippen molar-refractivity contribution >= 4 is 39.4 Å². The lowest BCUT2D eigenvalue weighted by molar-refractivity contribution is -0.135. The summed E-state index contributed by atoms with van der Waals surface area (Å²) in [6.45, 7) is 3.39. The predicted octanol–water partition coefficient (Wildman–Crippen LogP) is 8.01. The van der Waals surface area contributed by atoms with Gasteiger partial charge in [0.05, 0.1) is 11.3 Å². The van der Waals surface area contributed by atoms with Crippen LogP contribution in [0.4, 0.5) is 0 Å². The summed E-state index contributed by atoms with van der Waals surface area (Å²) in [6, 6.07) is 40.6. The molecule has 1 aliphatic heterocycles. The van der Waals surface area contributed by atoms with Gasteiger partial charge in [-0.3, -0.25) is 9.59 Å². The van der Waals surface area contributed by atoms with Gasteiger partial charge in [-0.1, -0.05) is 109 Å². The normalized spacial score (nSPS) is 14.4. The summed E-state index contributed by atoms with van der Waals surface area (Å²) in [7, 11) is 0. The second-order valence-corrected chi connectivity index (χ2v) is 11.0. The van der Waals surface area contributed by atoms with Gasteiger partial charge in [0.15, 0.2) is 6.23 Å². The van der Waals surface area contributed by atoms with Crippen molar-refractivity contribution in [1.29, 1.82) is 0 Å². The molecule has 1 aliphatic rings. The maximum absolute atomic E-state index is 12.9. The van der Waals surface area contributed by atoms with Crippen LogP contribution in [0.2, 0.25) is 0 Å². The third kappa shape index (κ3) is 5.23. The molecule has 7 heteroatoms. The van der Waals surface area contributed by atoms with E-state index in [0.717, 1.165) is 44.1 Å².